The quantitative estimate of drug-likeness (QED) is 0.603. The third-order valence-electron chi connectivity index (χ3n) is 6.19. The fourth-order valence-electron chi connectivity index (χ4n) is 4.43. The number of aryl methyl sites for hydroxylation is 1. The molecule has 7 nitrogen and oxygen atoms in total. The highest BCUT2D eigenvalue weighted by Crippen LogP contribution is 2.38. The van der Waals surface area contributed by atoms with Gasteiger partial charge in [0.05, 0.1) is 22.8 Å². The first-order chi connectivity index (χ1) is 14.9. The molecule has 0 unspecified atom stereocenters. The van der Waals surface area contributed by atoms with Crippen molar-refractivity contribution >= 4 is 43.1 Å². The summed E-state index contributed by atoms with van der Waals surface area (Å²) >= 11 is 1.61. The lowest BCUT2D eigenvalue weighted by Crippen LogP contribution is -2.50. The van der Waals surface area contributed by atoms with E-state index in [0.717, 1.165) is 27.2 Å². The molecule has 2 aromatic heterocycles. The third-order valence-corrected chi connectivity index (χ3v) is 8.84. The zero-order valence-corrected chi connectivity index (χ0v) is 19.0. The van der Waals surface area contributed by atoms with Gasteiger partial charge in [-0.05, 0) is 18.9 Å². The van der Waals surface area contributed by atoms with Crippen molar-refractivity contribution in [2.75, 3.05) is 42.6 Å². The number of benzene rings is 1. The first-order valence-electron chi connectivity index (χ1n) is 10.4. The van der Waals surface area contributed by atoms with Gasteiger partial charge in [0.1, 0.15) is 17.0 Å². The second-order valence-corrected chi connectivity index (χ2v) is 11.4. The molecule has 4 heterocycles. The number of nitrogens with zero attached hydrogens (tertiary/aromatic N) is 4. The van der Waals surface area contributed by atoms with Gasteiger partial charge in [0, 0.05) is 37.1 Å². The van der Waals surface area contributed by atoms with Crippen molar-refractivity contribution < 1.29 is 13.2 Å². The summed E-state index contributed by atoms with van der Waals surface area (Å²) in [6.45, 7) is 4.56. The fraction of sp³-hybridized carbons (Fsp3) is 0.409. The van der Waals surface area contributed by atoms with E-state index in [-0.39, 0.29) is 23.3 Å². The predicted molar refractivity (Wildman–Crippen MR) is 123 cm³/mol. The molecule has 0 radical (unpaired) electrons. The number of carbonyl (C=O) groups excluding carboxylic acids is 1. The van der Waals surface area contributed by atoms with Crippen LogP contribution in [0.1, 0.15) is 12.0 Å². The van der Waals surface area contributed by atoms with Gasteiger partial charge in [0.15, 0.2) is 9.84 Å². The first kappa shape index (κ1) is 20.4. The molecule has 2 aliphatic rings. The van der Waals surface area contributed by atoms with E-state index in [9.17, 15) is 13.2 Å². The van der Waals surface area contributed by atoms with E-state index in [4.69, 9.17) is 0 Å². The highest BCUT2D eigenvalue weighted by Gasteiger charge is 2.36. The van der Waals surface area contributed by atoms with Crippen molar-refractivity contribution in [3.05, 3.63) is 41.5 Å². The van der Waals surface area contributed by atoms with Crippen molar-refractivity contribution in [1.29, 1.82) is 0 Å². The van der Waals surface area contributed by atoms with Crippen LogP contribution >= 0.6 is 11.3 Å². The second-order valence-electron chi connectivity index (χ2n) is 8.31. The summed E-state index contributed by atoms with van der Waals surface area (Å²) in [6, 6.07) is 8.46. The normalized spacial score (nSPS) is 21.0. The van der Waals surface area contributed by atoms with Crippen LogP contribution in [0.3, 0.4) is 0 Å². The van der Waals surface area contributed by atoms with E-state index < -0.39 is 9.84 Å². The Labute approximate surface area is 185 Å². The number of rotatable bonds is 3. The lowest BCUT2D eigenvalue weighted by atomic mass is 10.0. The molecule has 0 saturated carbocycles. The maximum atomic E-state index is 12.8. The van der Waals surface area contributed by atoms with Crippen LogP contribution in [0, 0.1) is 12.8 Å². The van der Waals surface area contributed by atoms with Gasteiger partial charge in [0.25, 0.3) is 0 Å². The number of hydrogen-bond donors (Lipinski definition) is 0. The van der Waals surface area contributed by atoms with Crippen LogP contribution in [0.4, 0.5) is 5.82 Å². The molecule has 1 atom stereocenters. The summed E-state index contributed by atoms with van der Waals surface area (Å²) in [4.78, 5) is 26.8. The molecule has 3 aromatic rings. The average molecular weight is 457 g/mol. The maximum absolute atomic E-state index is 12.8. The molecular formula is C22H24N4O3S2. The van der Waals surface area contributed by atoms with E-state index in [1.165, 1.54) is 5.56 Å². The average Bonchev–Trinajstić information content (AvgIpc) is 3.37. The van der Waals surface area contributed by atoms with Crippen molar-refractivity contribution in [3.8, 4) is 11.1 Å². The monoisotopic (exact) mass is 456 g/mol. The second kappa shape index (κ2) is 7.87. The molecule has 2 fully saturated rings. The summed E-state index contributed by atoms with van der Waals surface area (Å²) in [5.74, 6) is 0.615. The van der Waals surface area contributed by atoms with Gasteiger partial charge in [-0.25, -0.2) is 18.4 Å². The lowest BCUT2D eigenvalue weighted by Gasteiger charge is -2.36. The van der Waals surface area contributed by atoms with Gasteiger partial charge < -0.3 is 9.80 Å². The van der Waals surface area contributed by atoms with E-state index in [1.807, 2.05) is 4.90 Å². The van der Waals surface area contributed by atoms with Crippen LogP contribution in [0.25, 0.3) is 21.3 Å². The largest absolute Gasteiger partial charge is 0.352 e. The van der Waals surface area contributed by atoms with Crippen molar-refractivity contribution in [1.82, 2.24) is 14.9 Å². The molecule has 31 heavy (non-hydrogen) atoms. The summed E-state index contributed by atoms with van der Waals surface area (Å²) in [7, 11) is -3.06. The number of aromatic nitrogens is 2. The molecule has 9 heteroatoms. The number of fused-ring (bicyclic) bond motifs is 1. The van der Waals surface area contributed by atoms with Crippen LogP contribution in [0.2, 0.25) is 0 Å². The molecule has 1 amide bonds. The summed E-state index contributed by atoms with van der Waals surface area (Å²) in [5.41, 5.74) is 3.49. The molecule has 2 aliphatic heterocycles. The molecule has 0 spiro atoms. The zero-order valence-electron chi connectivity index (χ0n) is 17.3. The molecule has 0 N–H and O–H groups in total. The van der Waals surface area contributed by atoms with Gasteiger partial charge in [0.2, 0.25) is 5.91 Å². The molecule has 162 valence electrons. The third kappa shape index (κ3) is 3.92. The Bertz CT molecular complexity index is 1230. The van der Waals surface area contributed by atoms with E-state index in [2.05, 4.69) is 51.4 Å². The highest BCUT2D eigenvalue weighted by molar-refractivity contribution is 7.91. The van der Waals surface area contributed by atoms with Gasteiger partial charge in [-0.1, -0.05) is 29.8 Å². The Morgan fingerprint density at radius 3 is 2.52 bits per heavy atom. The van der Waals surface area contributed by atoms with Crippen molar-refractivity contribution in [3.63, 3.8) is 0 Å². The minimum absolute atomic E-state index is 0.00655. The lowest BCUT2D eigenvalue weighted by molar-refractivity contribution is -0.135. The maximum Gasteiger partial charge on any atom is 0.226 e. The van der Waals surface area contributed by atoms with Crippen LogP contribution in [0.5, 0.6) is 0 Å². The van der Waals surface area contributed by atoms with Crippen LogP contribution in [-0.2, 0) is 14.6 Å². The van der Waals surface area contributed by atoms with Crippen LogP contribution in [-0.4, -0.2) is 66.9 Å². The number of amides is 1. The number of hydrogen-bond acceptors (Lipinski definition) is 7. The van der Waals surface area contributed by atoms with Crippen LogP contribution in [0.15, 0.2) is 36.0 Å². The Morgan fingerprint density at radius 1 is 1.10 bits per heavy atom. The highest BCUT2D eigenvalue weighted by atomic mass is 32.2. The SMILES string of the molecule is Cc1ccc(-c2csc3ncnc(N4CCN(C(=O)[C@@H]5CCS(=O)(=O)C5)CC4)c23)cc1. The first-order valence-corrected chi connectivity index (χ1v) is 13.1. The van der Waals surface area contributed by atoms with Crippen LogP contribution < -0.4 is 4.90 Å². The number of thiophene rings is 1. The molecule has 5 rings (SSSR count). The number of sulfone groups is 1. The van der Waals surface area contributed by atoms with Gasteiger partial charge in [-0.2, -0.15) is 0 Å². The standard InChI is InChI=1S/C22H24N4O3S2/c1-15-2-4-16(5-3-15)18-12-30-21-19(18)20(23-14-24-21)25-7-9-26(10-8-25)22(27)17-6-11-31(28,29)13-17/h2-5,12,14,17H,6-11,13H2,1H3/t17-/m1/s1. The van der Waals surface area contributed by atoms with E-state index in [0.29, 0.717) is 32.6 Å². The minimum atomic E-state index is -3.06. The zero-order chi connectivity index (χ0) is 21.6. The Kier molecular flexibility index (Phi) is 5.18. The predicted octanol–water partition coefficient (Wildman–Crippen LogP) is 2.75. The van der Waals surface area contributed by atoms with Gasteiger partial charge >= 0.3 is 0 Å². The van der Waals surface area contributed by atoms with Gasteiger partial charge in [-0.3, -0.25) is 4.79 Å². The molecule has 2 saturated heterocycles. The van der Waals surface area contributed by atoms with Crippen molar-refractivity contribution in [2.45, 2.75) is 13.3 Å². The summed E-state index contributed by atoms with van der Waals surface area (Å²) in [6.07, 6.45) is 2.05. The molecular weight excluding hydrogens is 432 g/mol. The van der Waals surface area contributed by atoms with Crippen molar-refractivity contribution in [2.24, 2.45) is 5.92 Å². The fourth-order valence-corrected chi connectivity index (χ4v) is 7.07. The number of piperazine rings is 1. The Balaban J connectivity index is 1.37. The summed E-state index contributed by atoms with van der Waals surface area (Å²) < 4.78 is 23.5. The van der Waals surface area contributed by atoms with Gasteiger partial charge in [-0.15, -0.1) is 11.3 Å². The molecule has 0 aliphatic carbocycles. The topological polar surface area (TPSA) is 83.5 Å². The number of anilines is 1. The van der Waals surface area contributed by atoms with E-state index in [1.54, 1.807) is 17.7 Å². The van der Waals surface area contributed by atoms with E-state index >= 15 is 0 Å². The Morgan fingerprint density at radius 2 is 1.84 bits per heavy atom. The minimum Gasteiger partial charge on any atom is -0.352 e. The Hall–Kier alpha value is -2.52. The summed E-state index contributed by atoms with van der Waals surface area (Å²) in [5, 5.41) is 3.19. The number of carbonyl (C=O) groups is 1. The smallest absolute Gasteiger partial charge is 0.226 e. The molecule has 1 aromatic carbocycles. The molecule has 0 bridgehead atoms.